The largest absolute Gasteiger partial charge is 0.501 e. The van der Waals surface area contributed by atoms with Gasteiger partial charge in [0.1, 0.15) is 6.61 Å². The average molecular weight is 889 g/mol. The van der Waals surface area contributed by atoms with Crippen molar-refractivity contribution in [1.29, 1.82) is 0 Å². The smallest absolute Gasteiger partial charge is 0.105 e. The van der Waals surface area contributed by atoms with Crippen LogP contribution in [0.3, 0.4) is 0 Å². The van der Waals surface area contributed by atoms with Gasteiger partial charge in [0.25, 0.3) is 0 Å². The first-order valence-electron chi connectivity index (χ1n) is 25.9. The zero-order valence-electron chi connectivity index (χ0n) is 42.7. The number of rotatable bonds is 46. The molecule has 0 aromatic carbocycles. The third-order valence-electron chi connectivity index (χ3n) is 13.6. The normalized spacial score (nSPS) is 16.4. The van der Waals surface area contributed by atoms with Crippen LogP contribution >= 0.6 is 0 Å². The molecule has 0 N–H and O–H groups in total. The van der Waals surface area contributed by atoms with Gasteiger partial charge in [0.05, 0.1) is 19.1 Å². The van der Waals surface area contributed by atoms with Crippen LogP contribution in [-0.4, -0.2) is 13.2 Å². The maximum atomic E-state index is 6.52. The van der Waals surface area contributed by atoms with E-state index in [0.29, 0.717) is 31.0 Å². The first-order chi connectivity index (χ1) is 31.8. The maximum absolute atomic E-state index is 6.52. The quantitative estimate of drug-likeness (QED) is 0.0344. The Morgan fingerprint density at radius 2 is 0.985 bits per heavy atom. The predicted molar refractivity (Wildman–Crippen MR) is 294 cm³/mol. The molecule has 0 bridgehead atoms. The van der Waals surface area contributed by atoms with Crippen molar-refractivity contribution in [2.45, 2.75) is 163 Å². The molecule has 0 saturated carbocycles. The van der Waals surface area contributed by atoms with E-state index < -0.39 is 5.41 Å². The van der Waals surface area contributed by atoms with Crippen molar-refractivity contribution < 1.29 is 9.47 Å². The first-order valence-corrected chi connectivity index (χ1v) is 25.9. The summed E-state index contributed by atoms with van der Waals surface area (Å²) in [5.74, 6) is 1.67. The number of unbranched alkanes of at least 4 members (excludes halogenated alkanes) is 2. The lowest BCUT2D eigenvalue weighted by molar-refractivity contribution is -0.144. The van der Waals surface area contributed by atoms with Crippen molar-refractivity contribution >= 4 is 0 Å². The van der Waals surface area contributed by atoms with Gasteiger partial charge in [-0.25, -0.2) is 0 Å². The molecule has 0 rings (SSSR count). The molecule has 0 radical (unpaired) electrons. The van der Waals surface area contributed by atoms with Crippen LogP contribution in [0.5, 0.6) is 0 Å². The molecule has 2 nitrogen and oxygen atoms in total. The molecule has 0 aliphatic rings. The van der Waals surface area contributed by atoms with E-state index in [2.05, 4.69) is 184 Å². The van der Waals surface area contributed by atoms with Gasteiger partial charge in [-0.2, -0.15) is 0 Å². The SMILES string of the molecule is C=CCCOC=CCCCC(C=COCC=C)(C(/C=C/C)CCC=C)C(C(/C=C/CC)CCC=C)(C(/C=C/CCC)CCC=C)C(C(CCC=C)CCC=C)C(CCC=C)CC/C=C/C. The Hall–Kier alpha value is -4.04. The summed E-state index contributed by atoms with van der Waals surface area (Å²) in [5, 5.41) is 0. The molecule has 0 aliphatic carbocycles. The standard InChI is InChI=1S/C63H100O2/c1-13-25-36-44-57(43-29-17-5)61(56(41-27-15-3)42-28-16-4)63(59(46-31-19-7)47-32-20-8,60(48-33-21-9)49-37-26-14-2)62(51-55-64-52-24-12,58(40-23-11)45-30-18-6)50-38-35-39-54-65-53-34-22-10/h13,15-19,21-25,32,37,39-40,47,49,51,54-61H,3-7,9-10,12,14,20,26-31,33-36,38,41-46,48,50,52-53H2,1-2,8,11H3/b25-13+,40-23+,47-32+,49-37+,54-39?,55-51?. The van der Waals surface area contributed by atoms with E-state index in [1.807, 2.05) is 18.4 Å². The Kier molecular flexibility index (Phi) is 38.8. The van der Waals surface area contributed by atoms with E-state index >= 15 is 0 Å². The minimum atomic E-state index is -0.397. The Morgan fingerprint density at radius 1 is 0.462 bits per heavy atom. The molecule has 0 spiro atoms. The highest BCUT2D eigenvalue weighted by Crippen LogP contribution is 2.69. The molecule has 0 saturated heterocycles. The van der Waals surface area contributed by atoms with Crippen LogP contribution < -0.4 is 0 Å². The summed E-state index contributed by atoms with van der Waals surface area (Å²) >= 11 is 0. The topological polar surface area (TPSA) is 18.5 Å². The molecular formula is C63H100O2. The average Bonchev–Trinajstić information content (AvgIpc) is 3.32. The molecule has 0 aromatic heterocycles. The molecule has 0 fully saturated rings. The molecule has 0 amide bonds. The van der Waals surface area contributed by atoms with Gasteiger partial charge in [0, 0.05) is 5.41 Å². The summed E-state index contributed by atoms with van der Waals surface area (Å²) in [5.41, 5.74) is -0.723. The van der Waals surface area contributed by atoms with Crippen LogP contribution in [0.25, 0.3) is 0 Å². The summed E-state index contributed by atoms with van der Waals surface area (Å²) in [6.45, 7) is 44.2. The van der Waals surface area contributed by atoms with Crippen LogP contribution in [0.15, 0.2) is 175 Å². The number of hydrogen-bond donors (Lipinski definition) is 0. The third-order valence-corrected chi connectivity index (χ3v) is 13.6. The fraction of sp³-hybridized carbons (Fsp3) is 0.556. The van der Waals surface area contributed by atoms with Crippen molar-refractivity contribution in [3.63, 3.8) is 0 Å². The number of ether oxygens (including phenoxy) is 2. The second kappa shape index (κ2) is 41.4. The lowest BCUT2D eigenvalue weighted by Crippen LogP contribution is -2.61. The summed E-state index contributed by atoms with van der Waals surface area (Å²) < 4.78 is 12.5. The molecule has 7 atom stereocenters. The minimum absolute atomic E-state index is 0.173. The molecule has 364 valence electrons. The fourth-order valence-corrected chi connectivity index (χ4v) is 11.0. The molecule has 7 unspecified atom stereocenters. The second-order valence-corrected chi connectivity index (χ2v) is 17.9. The summed E-state index contributed by atoms with van der Waals surface area (Å²) in [7, 11) is 0. The van der Waals surface area contributed by atoms with Gasteiger partial charge >= 0.3 is 0 Å². The van der Waals surface area contributed by atoms with E-state index in [9.17, 15) is 0 Å². The lowest BCUT2D eigenvalue weighted by Gasteiger charge is -2.66. The molecule has 2 heteroatoms. The first kappa shape index (κ1) is 61.0. The number of allylic oxidation sites excluding steroid dienone is 16. The number of hydrogen-bond acceptors (Lipinski definition) is 2. The van der Waals surface area contributed by atoms with Crippen LogP contribution in [0, 0.1) is 46.3 Å². The molecule has 0 aromatic rings. The molecule has 65 heavy (non-hydrogen) atoms. The van der Waals surface area contributed by atoms with Crippen molar-refractivity contribution in [3.05, 3.63) is 175 Å². The molecule has 0 heterocycles. The lowest BCUT2D eigenvalue weighted by atomic mass is 9.37. The second-order valence-electron chi connectivity index (χ2n) is 17.9. The van der Waals surface area contributed by atoms with E-state index in [4.69, 9.17) is 9.47 Å². The van der Waals surface area contributed by atoms with Gasteiger partial charge in [-0.15, -0.1) is 46.1 Å². The van der Waals surface area contributed by atoms with Crippen molar-refractivity contribution in [1.82, 2.24) is 0 Å². The molecular weight excluding hydrogens is 789 g/mol. The van der Waals surface area contributed by atoms with Gasteiger partial charge < -0.3 is 9.47 Å². The Morgan fingerprint density at radius 3 is 1.48 bits per heavy atom. The third kappa shape index (κ3) is 21.9. The highest BCUT2D eigenvalue weighted by Gasteiger charge is 2.64. The molecule has 0 aliphatic heterocycles. The summed E-state index contributed by atoms with van der Waals surface area (Å²) in [6, 6.07) is 0. The highest BCUT2D eigenvalue weighted by atomic mass is 16.5. The van der Waals surface area contributed by atoms with Crippen LogP contribution in [0.4, 0.5) is 0 Å². The zero-order chi connectivity index (χ0) is 48.3. The van der Waals surface area contributed by atoms with Gasteiger partial charge in [-0.05, 0) is 195 Å². The van der Waals surface area contributed by atoms with Gasteiger partial charge in [-0.3, -0.25) is 0 Å². The monoisotopic (exact) mass is 889 g/mol. The van der Waals surface area contributed by atoms with Gasteiger partial charge in [0.15, 0.2) is 0 Å². The van der Waals surface area contributed by atoms with Crippen molar-refractivity contribution in [2.24, 2.45) is 46.3 Å². The van der Waals surface area contributed by atoms with E-state index in [1.54, 1.807) is 0 Å². The van der Waals surface area contributed by atoms with E-state index in [0.717, 1.165) is 135 Å². The maximum Gasteiger partial charge on any atom is 0.105 e. The van der Waals surface area contributed by atoms with Crippen LogP contribution in [0.2, 0.25) is 0 Å². The minimum Gasteiger partial charge on any atom is -0.501 e. The summed E-state index contributed by atoms with van der Waals surface area (Å²) in [4.78, 5) is 0. The Bertz CT molecular complexity index is 1440. The van der Waals surface area contributed by atoms with Crippen LogP contribution in [-0.2, 0) is 9.47 Å². The Labute approximate surface area is 404 Å². The van der Waals surface area contributed by atoms with Gasteiger partial charge in [-0.1, -0.05) is 124 Å². The van der Waals surface area contributed by atoms with Gasteiger partial charge in [0.2, 0.25) is 0 Å². The fourth-order valence-electron chi connectivity index (χ4n) is 11.0. The predicted octanol–water partition coefficient (Wildman–Crippen LogP) is 19.7. The van der Waals surface area contributed by atoms with E-state index in [1.165, 1.54) is 0 Å². The van der Waals surface area contributed by atoms with Crippen molar-refractivity contribution in [2.75, 3.05) is 13.2 Å². The van der Waals surface area contributed by atoms with Crippen molar-refractivity contribution in [3.8, 4) is 0 Å². The Balaban J connectivity index is 10.2. The van der Waals surface area contributed by atoms with E-state index in [-0.39, 0.29) is 23.2 Å². The zero-order valence-corrected chi connectivity index (χ0v) is 42.7. The van der Waals surface area contributed by atoms with Crippen LogP contribution in [0.1, 0.15) is 163 Å². The highest BCUT2D eigenvalue weighted by molar-refractivity contribution is 5.26. The summed E-state index contributed by atoms with van der Waals surface area (Å²) in [6.07, 6.45) is 66.4.